The lowest BCUT2D eigenvalue weighted by molar-refractivity contribution is -0.111. The number of methoxy groups -OCH3 is 1. The van der Waals surface area contributed by atoms with E-state index in [4.69, 9.17) is 32.7 Å². The van der Waals surface area contributed by atoms with E-state index in [1.54, 1.807) is 25.3 Å². The summed E-state index contributed by atoms with van der Waals surface area (Å²) in [7, 11) is 1.57. The number of amides is 1. The molecule has 0 aliphatic rings. The van der Waals surface area contributed by atoms with E-state index in [0.717, 1.165) is 21.7 Å². The fourth-order valence-electron chi connectivity index (χ4n) is 3.12. The van der Waals surface area contributed by atoms with Crippen LogP contribution in [0.1, 0.15) is 21.7 Å². The third-order valence-electron chi connectivity index (χ3n) is 4.89. The zero-order valence-corrected chi connectivity index (χ0v) is 21.0. The summed E-state index contributed by atoms with van der Waals surface area (Å²) < 4.78 is 11.3. The summed E-state index contributed by atoms with van der Waals surface area (Å²) in [5, 5.41) is 13.5. The molecule has 0 aliphatic heterocycles. The van der Waals surface area contributed by atoms with Gasteiger partial charge in [-0.2, -0.15) is 0 Å². The number of anilines is 1. The number of hydrogen-bond donors (Lipinski definition) is 1. The lowest BCUT2D eigenvalue weighted by atomic mass is 10.2. The van der Waals surface area contributed by atoms with Crippen LogP contribution < -0.4 is 14.8 Å². The molecule has 1 aromatic heterocycles. The summed E-state index contributed by atoms with van der Waals surface area (Å²) in [4.78, 5) is 12.4. The third-order valence-corrected chi connectivity index (χ3v) is 6.23. The number of aromatic nitrogens is 2. The first kappa shape index (κ1) is 24.7. The minimum absolute atomic E-state index is 0.304. The maximum absolute atomic E-state index is 12.4. The van der Waals surface area contributed by atoms with E-state index in [9.17, 15) is 4.79 Å². The summed E-state index contributed by atoms with van der Waals surface area (Å²) >= 11 is 13.2. The van der Waals surface area contributed by atoms with Crippen molar-refractivity contribution in [2.75, 3.05) is 12.4 Å². The summed E-state index contributed by atoms with van der Waals surface area (Å²) in [6.45, 7) is 0.382. The molecule has 0 radical (unpaired) electrons. The van der Waals surface area contributed by atoms with Gasteiger partial charge in [-0.15, -0.1) is 10.2 Å². The number of nitrogens with one attached hydrogen (secondary N) is 1. The molecule has 178 valence electrons. The number of benzene rings is 3. The van der Waals surface area contributed by atoms with Gasteiger partial charge in [0, 0.05) is 22.5 Å². The number of rotatable bonds is 9. The van der Waals surface area contributed by atoms with E-state index in [1.165, 1.54) is 17.4 Å². The average molecular weight is 526 g/mol. The van der Waals surface area contributed by atoms with Crippen molar-refractivity contribution in [3.63, 3.8) is 0 Å². The number of halogens is 2. The number of carbonyl (C=O) groups is 1. The lowest BCUT2D eigenvalue weighted by Gasteiger charge is -2.11. The second-order valence-corrected chi connectivity index (χ2v) is 9.39. The van der Waals surface area contributed by atoms with E-state index >= 15 is 0 Å². The Hall–Kier alpha value is -3.39. The molecule has 0 fully saturated rings. The molecule has 0 aliphatic carbocycles. The van der Waals surface area contributed by atoms with Crippen molar-refractivity contribution in [1.29, 1.82) is 0 Å². The zero-order chi connectivity index (χ0) is 24.6. The van der Waals surface area contributed by atoms with Crippen molar-refractivity contribution in [2.45, 2.75) is 13.0 Å². The second-order valence-electron chi connectivity index (χ2n) is 7.45. The largest absolute Gasteiger partial charge is 0.493 e. The Labute approximate surface area is 217 Å². The van der Waals surface area contributed by atoms with Crippen molar-refractivity contribution >= 4 is 51.7 Å². The highest BCUT2D eigenvalue weighted by Gasteiger charge is 2.09. The van der Waals surface area contributed by atoms with Gasteiger partial charge in [0.25, 0.3) is 0 Å². The predicted octanol–water partition coefficient (Wildman–Crippen LogP) is 6.68. The molecule has 6 nitrogen and oxygen atoms in total. The topological polar surface area (TPSA) is 73.3 Å². The van der Waals surface area contributed by atoms with Crippen molar-refractivity contribution in [3.8, 4) is 11.5 Å². The SMILES string of the molecule is COc1cc(/C=C/C(=O)Nc2nnc(Cc3ccc(Cl)cc3)s2)ccc1OCc1ccc(Cl)cc1. The van der Waals surface area contributed by atoms with E-state index < -0.39 is 0 Å². The van der Waals surface area contributed by atoms with Gasteiger partial charge in [-0.3, -0.25) is 10.1 Å². The van der Waals surface area contributed by atoms with Crippen LogP contribution in [-0.4, -0.2) is 23.2 Å². The maximum atomic E-state index is 12.4. The van der Waals surface area contributed by atoms with Crippen LogP contribution >= 0.6 is 34.5 Å². The van der Waals surface area contributed by atoms with Gasteiger partial charge in [-0.05, 0) is 59.2 Å². The van der Waals surface area contributed by atoms with Crippen LogP contribution in [0.3, 0.4) is 0 Å². The van der Waals surface area contributed by atoms with Crippen LogP contribution in [0, 0.1) is 0 Å². The van der Waals surface area contributed by atoms with Gasteiger partial charge in [-0.25, -0.2) is 0 Å². The number of hydrogen-bond acceptors (Lipinski definition) is 6. The lowest BCUT2D eigenvalue weighted by Crippen LogP contribution is -2.07. The van der Waals surface area contributed by atoms with Crippen LogP contribution in [-0.2, 0) is 17.8 Å². The monoisotopic (exact) mass is 525 g/mol. The van der Waals surface area contributed by atoms with Gasteiger partial charge in [0.2, 0.25) is 11.0 Å². The zero-order valence-electron chi connectivity index (χ0n) is 18.7. The van der Waals surface area contributed by atoms with Crippen LogP contribution in [0.4, 0.5) is 5.13 Å². The number of carbonyl (C=O) groups excluding carboxylic acids is 1. The third kappa shape index (κ3) is 7.29. The van der Waals surface area contributed by atoms with Crippen LogP contribution in [0.5, 0.6) is 11.5 Å². The first-order valence-electron chi connectivity index (χ1n) is 10.6. The van der Waals surface area contributed by atoms with Gasteiger partial charge in [-0.1, -0.05) is 64.9 Å². The van der Waals surface area contributed by atoms with Crippen LogP contribution in [0.15, 0.2) is 72.8 Å². The van der Waals surface area contributed by atoms with Gasteiger partial charge in [0.1, 0.15) is 11.6 Å². The molecule has 0 saturated carbocycles. The van der Waals surface area contributed by atoms with E-state index in [0.29, 0.717) is 39.7 Å². The summed E-state index contributed by atoms with van der Waals surface area (Å²) in [6, 6.07) is 20.4. The Bertz CT molecular complexity index is 1320. The van der Waals surface area contributed by atoms with Gasteiger partial charge in [0.15, 0.2) is 11.5 Å². The van der Waals surface area contributed by atoms with Crippen molar-refractivity contribution in [2.24, 2.45) is 0 Å². The van der Waals surface area contributed by atoms with Crippen LogP contribution in [0.2, 0.25) is 10.0 Å². The maximum Gasteiger partial charge on any atom is 0.250 e. The molecule has 0 unspecified atom stereocenters. The Balaban J connectivity index is 1.33. The molecule has 0 bridgehead atoms. The Morgan fingerprint density at radius 3 is 2.31 bits per heavy atom. The van der Waals surface area contributed by atoms with Gasteiger partial charge < -0.3 is 9.47 Å². The summed E-state index contributed by atoms with van der Waals surface area (Å²) in [6.07, 6.45) is 3.74. The molecule has 0 atom stereocenters. The molecule has 35 heavy (non-hydrogen) atoms. The Morgan fingerprint density at radius 1 is 0.943 bits per heavy atom. The molecule has 1 amide bonds. The molecule has 0 spiro atoms. The van der Waals surface area contributed by atoms with E-state index in [-0.39, 0.29) is 5.91 Å². The fourth-order valence-corrected chi connectivity index (χ4v) is 4.15. The molecular formula is C26H21Cl2N3O3S. The van der Waals surface area contributed by atoms with E-state index in [2.05, 4.69) is 15.5 Å². The molecule has 1 N–H and O–H groups in total. The summed E-state index contributed by atoms with van der Waals surface area (Å²) in [5.74, 6) is 0.866. The standard InChI is InChI=1S/C26H21Cl2N3O3S/c1-33-23-14-17(6-12-22(23)34-16-19-4-10-21(28)11-5-19)7-13-24(32)29-26-31-30-25(35-26)15-18-2-8-20(27)9-3-18/h2-14H,15-16H2,1H3,(H,29,31,32)/b13-7+. The second kappa shape index (κ2) is 11.8. The molecule has 9 heteroatoms. The highest BCUT2D eigenvalue weighted by atomic mass is 35.5. The van der Waals surface area contributed by atoms with Gasteiger partial charge >= 0.3 is 0 Å². The molecular weight excluding hydrogens is 505 g/mol. The van der Waals surface area contributed by atoms with Crippen molar-refractivity contribution in [3.05, 3.63) is 105 Å². The Morgan fingerprint density at radius 2 is 1.63 bits per heavy atom. The first-order chi connectivity index (χ1) is 17.0. The highest BCUT2D eigenvalue weighted by molar-refractivity contribution is 7.15. The fraction of sp³-hybridized carbons (Fsp3) is 0.115. The molecule has 1 heterocycles. The quantitative estimate of drug-likeness (QED) is 0.247. The molecule has 4 rings (SSSR count). The normalized spacial score (nSPS) is 10.9. The van der Waals surface area contributed by atoms with Gasteiger partial charge in [0.05, 0.1) is 7.11 Å². The minimum atomic E-state index is -0.304. The smallest absolute Gasteiger partial charge is 0.250 e. The number of nitrogens with zero attached hydrogens (tertiary/aromatic N) is 2. The van der Waals surface area contributed by atoms with Crippen molar-refractivity contribution < 1.29 is 14.3 Å². The van der Waals surface area contributed by atoms with E-state index in [1.807, 2.05) is 54.6 Å². The predicted molar refractivity (Wildman–Crippen MR) is 141 cm³/mol. The molecule has 0 saturated heterocycles. The summed E-state index contributed by atoms with van der Waals surface area (Å²) in [5.41, 5.74) is 2.85. The Kier molecular flexibility index (Phi) is 8.36. The molecule has 4 aromatic rings. The first-order valence-corrected chi connectivity index (χ1v) is 12.2. The van der Waals surface area contributed by atoms with Crippen LogP contribution in [0.25, 0.3) is 6.08 Å². The number of ether oxygens (including phenoxy) is 2. The average Bonchev–Trinajstić information content (AvgIpc) is 3.30. The molecule has 3 aromatic carbocycles. The minimum Gasteiger partial charge on any atom is -0.493 e. The van der Waals surface area contributed by atoms with Crippen molar-refractivity contribution in [1.82, 2.24) is 10.2 Å². The highest BCUT2D eigenvalue weighted by Crippen LogP contribution is 2.29.